The smallest absolute Gasteiger partial charge is 0.316 e. The Morgan fingerprint density at radius 2 is 1.94 bits per heavy atom. The van der Waals surface area contributed by atoms with E-state index in [1.54, 1.807) is 42.2 Å². The Labute approximate surface area is 192 Å². The molecule has 0 spiro atoms. The quantitative estimate of drug-likeness (QED) is 0.393. The van der Waals surface area contributed by atoms with Crippen LogP contribution in [0.25, 0.3) is 11.5 Å². The van der Waals surface area contributed by atoms with Crippen LogP contribution in [0.2, 0.25) is 0 Å². The van der Waals surface area contributed by atoms with Gasteiger partial charge in [-0.3, -0.25) is 14.3 Å². The zero-order chi connectivity index (χ0) is 24.2. The number of ether oxygens (including phenoxy) is 2. The van der Waals surface area contributed by atoms with Crippen LogP contribution < -0.4 is 20.5 Å². The average molecular weight is 464 g/mol. The van der Waals surface area contributed by atoms with E-state index in [1.165, 1.54) is 12.4 Å². The van der Waals surface area contributed by atoms with Crippen molar-refractivity contribution in [2.24, 2.45) is 12.8 Å². The van der Waals surface area contributed by atoms with Gasteiger partial charge in [0.2, 0.25) is 11.7 Å². The molecule has 4 rings (SSSR count). The molecule has 2 amide bonds. The highest BCUT2D eigenvalue weighted by atomic mass is 16.5. The van der Waals surface area contributed by atoms with E-state index in [2.05, 4.69) is 30.5 Å². The molecule has 174 valence electrons. The van der Waals surface area contributed by atoms with Gasteiger partial charge in [0, 0.05) is 30.9 Å². The summed E-state index contributed by atoms with van der Waals surface area (Å²) in [5, 5.41) is 10.5. The Hall–Kier alpha value is -4.81. The summed E-state index contributed by atoms with van der Waals surface area (Å²) in [6.07, 6.45) is 4.27. The number of nitrogens with one attached hydrogen (secondary N) is 1. The molecular weight excluding hydrogens is 444 g/mol. The number of hydrogen-bond donors (Lipinski definition) is 2. The van der Waals surface area contributed by atoms with E-state index in [1.807, 2.05) is 13.8 Å². The highest BCUT2D eigenvalue weighted by molar-refractivity contribution is 6.04. The number of hydrogen-bond acceptors (Lipinski definition) is 10. The topological polar surface area (TPSA) is 173 Å². The lowest BCUT2D eigenvalue weighted by Gasteiger charge is -2.13. The number of nitrogens with zero attached hydrogens (tertiary/aromatic N) is 6. The minimum absolute atomic E-state index is 0.0497. The average Bonchev–Trinajstić information content (AvgIpc) is 3.43. The molecule has 13 heteroatoms. The molecule has 0 saturated heterocycles. The molecule has 0 fully saturated rings. The summed E-state index contributed by atoms with van der Waals surface area (Å²) in [4.78, 5) is 36.0. The zero-order valence-corrected chi connectivity index (χ0v) is 18.4. The van der Waals surface area contributed by atoms with Crippen LogP contribution in [0, 0.1) is 0 Å². The second-order valence-corrected chi connectivity index (χ2v) is 7.32. The highest BCUT2D eigenvalue weighted by Crippen LogP contribution is 2.28. The summed E-state index contributed by atoms with van der Waals surface area (Å²) in [5.74, 6) is -0.229. The third-order valence-electron chi connectivity index (χ3n) is 4.19. The van der Waals surface area contributed by atoms with Crippen LogP contribution >= 0.6 is 0 Å². The van der Waals surface area contributed by atoms with Gasteiger partial charge in [-0.05, 0) is 26.0 Å². The normalized spacial score (nSPS) is 10.8. The van der Waals surface area contributed by atoms with Gasteiger partial charge >= 0.3 is 11.8 Å². The van der Waals surface area contributed by atoms with E-state index in [9.17, 15) is 9.59 Å². The molecule has 3 N–H and O–H groups in total. The van der Waals surface area contributed by atoms with Crippen LogP contribution in [0.5, 0.6) is 17.4 Å². The summed E-state index contributed by atoms with van der Waals surface area (Å²) in [5.41, 5.74) is 5.65. The minimum Gasteiger partial charge on any atom is -0.491 e. The number of aryl methyl sites for hydroxylation is 1. The van der Waals surface area contributed by atoms with Gasteiger partial charge in [-0.2, -0.15) is 10.1 Å². The van der Waals surface area contributed by atoms with Gasteiger partial charge in [0.15, 0.2) is 5.82 Å². The molecule has 1 aromatic carbocycles. The van der Waals surface area contributed by atoms with Gasteiger partial charge in [0.05, 0.1) is 18.5 Å². The maximum atomic E-state index is 12.8. The standard InChI is InChI=1S/C21H20N8O5/c1-11(2)32-13-6-12(20(31)25-16-4-5-29(3)27-16)7-14(8-13)33-17-10-23-15(9-24-17)19-26-21(18(22)30)34-28-19/h4-11H,1-3H3,(H2,22,30)(H,25,27,31). The first-order valence-electron chi connectivity index (χ1n) is 10.0. The van der Waals surface area contributed by atoms with Gasteiger partial charge < -0.3 is 25.0 Å². The van der Waals surface area contributed by atoms with E-state index in [4.69, 9.17) is 19.7 Å². The molecule has 0 radical (unpaired) electrons. The van der Waals surface area contributed by atoms with Crippen molar-refractivity contribution in [2.45, 2.75) is 20.0 Å². The molecule has 0 bridgehead atoms. The van der Waals surface area contributed by atoms with Crippen LogP contribution in [0.4, 0.5) is 5.82 Å². The van der Waals surface area contributed by atoms with Gasteiger partial charge in [0.25, 0.3) is 5.91 Å². The highest BCUT2D eigenvalue weighted by Gasteiger charge is 2.16. The van der Waals surface area contributed by atoms with Crippen molar-refractivity contribution in [3.05, 3.63) is 54.3 Å². The van der Waals surface area contributed by atoms with E-state index >= 15 is 0 Å². The monoisotopic (exact) mass is 464 g/mol. The third-order valence-corrected chi connectivity index (χ3v) is 4.19. The number of aromatic nitrogens is 6. The summed E-state index contributed by atoms with van der Waals surface area (Å²) >= 11 is 0. The summed E-state index contributed by atoms with van der Waals surface area (Å²) in [6, 6.07) is 6.45. The van der Waals surface area contributed by atoms with E-state index in [-0.39, 0.29) is 35.3 Å². The molecule has 0 unspecified atom stereocenters. The molecular formula is C21H20N8O5. The third kappa shape index (κ3) is 5.32. The van der Waals surface area contributed by atoms with E-state index in [0.717, 1.165) is 0 Å². The molecule has 0 atom stereocenters. The fourth-order valence-electron chi connectivity index (χ4n) is 2.80. The van der Waals surface area contributed by atoms with Crippen LogP contribution in [0.15, 0.2) is 47.4 Å². The molecule has 3 heterocycles. The van der Waals surface area contributed by atoms with Crippen molar-refractivity contribution in [3.8, 4) is 28.9 Å². The fraction of sp³-hybridized carbons (Fsp3) is 0.190. The Morgan fingerprint density at radius 1 is 1.15 bits per heavy atom. The Morgan fingerprint density at radius 3 is 2.56 bits per heavy atom. The van der Waals surface area contributed by atoms with Crippen LogP contribution in [0.3, 0.4) is 0 Å². The number of anilines is 1. The van der Waals surface area contributed by atoms with Gasteiger partial charge in [-0.25, -0.2) is 9.97 Å². The number of benzene rings is 1. The molecule has 0 aliphatic heterocycles. The maximum absolute atomic E-state index is 12.8. The van der Waals surface area contributed by atoms with Crippen molar-refractivity contribution in [1.82, 2.24) is 29.9 Å². The zero-order valence-electron chi connectivity index (χ0n) is 18.4. The molecule has 0 saturated carbocycles. The Kier molecular flexibility index (Phi) is 6.16. The SMILES string of the molecule is CC(C)Oc1cc(Oc2cnc(-c3noc(C(N)=O)n3)cn2)cc(C(=O)Nc2ccn(C)n2)c1. The molecule has 13 nitrogen and oxygen atoms in total. The first-order valence-corrected chi connectivity index (χ1v) is 10.0. The summed E-state index contributed by atoms with van der Waals surface area (Å²) < 4.78 is 17.9. The van der Waals surface area contributed by atoms with Crippen LogP contribution in [-0.4, -0.2) is 47.8 Å². The number of carbonyl (C=O) groups is 2. The first-order chi connectivity index (χ1) is 16.3. The van der Waals surface area contributed by atoms with E-state index < -0.39 is 5.91 Å². The number of rotatable bonds is 8. The molecule has 34 heavy (non-hydrogen) atoms. The maximum Gasteiger partial charge on any atom is 0.316 e. The van der Waals surface area contributed by atoms with Crippen molar-refractivity contribution < 1.29 is 23.6 Å². The second kappa shape index (κ2) is 9.36. The summed E-state index contributed by atoms with van der Waals surface area (Å²) in [6.45, 7) is 3.74. The lowest BCUT2D eigenvalue weighted by atomic mass is 10.2. The molecule has 4 aromatic rings. The molecule has 0 aliphatic rings. The molecule has 0 aliphatic carbocycles. The van der Waals surface area contributed by atoms with Crippen LogP contribution in [-0.2, 0) is 7.05 Å². The largest absolute Gasteiger partial charge is 0.491 e. The van der Waals surface area contributed by atoms with E-state index in [0.29, 0.717) is 22.9 Å². The molecule has 3 aromatic heterocycles. The summed E-state index contributed by atoms with van der Waals surface area (Å²) in [7, 11) is 1.75. The number of amides is 2. The lowest BCUT2D eigenvalue weighted by molar-refractivity contribution is 0.0957. The Balaban J connectivity index is 1.55. The second-order valence-electron chi connectivity index (χ2n) is 7.32. The number of carbonyl (C=O) groups excluding carboxylic acids is 2. The predicted molar refractivity (Wildman–Crippen MR) is 117 cm³/mol. The van der Waals surface area contributed by atoms with Crippen molar-refractivity contribution in [1.29, 1.82) is 0 Å². The van der Waals surface area contributed by atoms with Gasteiger partial charge in [0.1, 0.15) is 17.2 Å². The van der Waals surface area contributed by atoms with Gasteiger partial charge in [-0.1, -0.05) is 5.16 Å². The van der Waals surface area contributed by atoms with Crippen LogP contribution in [0.1, 0.15) is 34.9 Å². The van der Waals surface area contributed by atoms with Crippen molar-refractivity contribution >= 4 is 17.6 Å². The lowest BCUT2D eigenvalue weighted by Crippen LogP contribution is -2.13. The fourth-order valence-corrected chi connectivity index (χ4v) is 2.80. The van der Waals surface area contributed by atoms with Gasteiger partial charge in [-0.15, -0.1) is 0 Å². The number of nitrogens with two attached hydrogens (primary N) is 1. The Bertz CT molecular complexity index is 1330. The first kappa shape index (κ1) is 22.4. The van der Waals surface area contributed by atoms with Crippen molar-refractivity contribution in [2.75, 3.05) is 5.32 Å². The number of primary amides is 1. The van der Waals surface area contributed by atoms with Crippen molar-refractivity contribution in [3.63, 3.8) is 0 Å². The minimum atomic E-state index is -0.849. The predicted octanol–water partition coefficient (Wildman–Crippen LogP) is 2.19.